The van der Waals surface area contributed by atoms with E-state index in [1.165, 1.54) is 16.7 Å². The zero-order valence-electron chi connectivity index (χ0n) is 11.9. The van der Waals surface area contributed by atoms with Gasteiger partial charge in [-0.15, -0.1) is 0 Å². The van der Waals surface area contributed by atoms with Gasteiger partial charge in [0, 0.05) is 36.0 Å². The van der Waals surface area contributed by atoms with Crippen molar-refractivity contribution in [3.05, 3.63) is 63.9 Å². The number of nitrogens with zero attached hydrogens (tertiary/aromatic N) is 2. The Morgan fingerprint density at radius 2 is 2.15 bits per heavy atom. The maximum atomic E-state index is 5.98. The third-order valence-corrected chi connectivity index (χ3v) is 4.01. The minimum atomic E-state index is 0.183. The SMILES string of the molecule is Cc1ccncc1C(CN)N(C)Cc1cccc(Br)c1. The van der Waals surface area contributed by atoms with Gasteiger partial charge in [-0.1, -0.05) is 28.1 Å². The average Bonchev–Trinajstić information content (AvgIpc) is 2.41. The number of likely N-dealkylation sites (N-methyl/N-ethyl adjacent to an activating group) is 1. The molecule has 0 saturated heterocycles. The molecule has 1 aromatic carbocycles. The molecule has 1 heterocycles. The van der Waals surface area contributed by atoms with Crippen molar-refractivity contribution < 1.29 is 0 Å². The first-order valence-corrected chi connectivity index (χ1v) is 7.46. The minimum Gasteiger partial charge on any atom is -0.329 e. The Morgan fingerprint density at radius 3 is 2.80 bits per heavy atom. The second-order valence-electron chi connectivity index (χ2n) is 5.03. The van der Waals surface area contributed by atoms with Gasteiger partial charge in [0.1, 0.15) is 0 Å². The Labute approximate surface area is 129 Å². The summed E-state index contributed by atoms with van der Waals surface area (Å²) in [4.78, 5) is 6.50. The lowest BCUT2D eigenvalue weighted by molar-refractivity contribution is 0.240. The molecule has 2 aromatic rings. The van der Waals surface area contributed by atoms with E-state index in [0.29, 0.717) is 6.54 Å². The first-order valence-electron chi connectivity index (χ1n) is 6.67. The predicted molar refractivity (Wildman–Crippen MR) is 86.4 cm³/mol. The monoisotopic (exact) mass is 333 g/mol. The summed E-state index contributed by atoms with van der Waals surface area (Å²) in [5.74, 6) is 0. The molecule has 0 aliphatic carbocycles. The van der Waals surface area contributed by atoms with Crippen molar-refractivity contribution >= 4 is 15.9 Å². The molecule has 1 aromatic heterocycles. The maximum absolute atomic E-state index is 5.98. The Balaban J connectivity index is 2.18. The van der Waals surface area contributed by atoms with Crippen LogP contribution in [0, 0.1) is 6.92 Å². The van der Waals surface area contributed by atoms with Crippen molar-refractivity contribution in [1.82, 2.24) is 9.88 Å². The Hall–Kier alpha value is -1.23. The van der Waals surface area contributed by atoms with E-state index >= 15 is 0 Å². The molecule has 0 aliphatic rings. The number of halogens is 1. The Bertz CT molecular complexity index is 571. The normalized spacial score (nSPS) is 12.7. The van der Waals surface area contributed by atoms with Gasteiger partial charge in [-0.3, -0.25) is 9.88 Å². The summed E-state index contributed by atoms with van der Waals surface area (Å²) in [6.07, 6.45) is 3.74. The third-order valence-electron chi connectivity index (χ3n) is 3.51. The number of hydrogen-bond donors (Lipinski definition) is 1. The van der Waals surface area contributed by atoms with Crippen LogP contribution in [0.1, 0.15) is 22.7 Å². The van der Waals surface area contributed by atoms with Crippen molar-refractivity contribution in [2.24, 2.45) is 5.73 Å². The molecule has 3 nitrogen and oxygen atoms in total. The fourth-order valence-electron chi connectivity index (χ4n) is 2.40. The standard InChI is InChI=1S/C16H20BrN3/c1-12-6-7-19-10-15(12)16(9-18)20(2)11-13-4-3-5-14(17)8-13/h3-8,10,16H,9,11,18H2,1-2H3. The lowest BCUT2D eigenvalue weighted by atomic mass is 10.0. The van der Waals surface area contributed by atoms with Gasteiger partial charge >= 0.3 is 0 Å². The second-order valence-corrected chi connectivity index (χ2v) is 5.94. The number of aromatic nitrogens is 1. The zero-order valence-corrected chi connectivity index (χ0v) is 13.5. The molecule has 0 spiro atoms. The highest BCUT2D eigenvalue weighted by molar-refractivity contribution is 9.10. The first-order chi connectivity index (χ1) is 9.61. The van der Waals surface area contributed by atoms with Crippen molar-refractivity contribution in [2.45, 2.75) is 19.5 Å². The van der Waals surface area contributed by atoms with E-state index in [9.17, 15) is 0 Å². The molecule has 1 unspecified atom stereocenters. The molecule has 0 radical (unpaired) electrons. The molecular weight excluding hydrogens is 314 g/mol. The predicted octanol–water partition coefficient (Wildman–Crippen LogP) is 3.28. The number of hydrogen-bond acceptors (Lipinski definition) is 3. The van der Waals surface area contributed by atoms with Crippen LogP contribution in [0.2, 0.25) is 0 Å². The van der Waals surface area contributed by atoms with Gasteiger partial charge in [0.05, 0.1) is 0 Å². The van der Waals surface area contributed by atoms with E-state index in [1.807, 2.05) is 24.5 Å². The highest BCUT2D eigenvalue weighted by Gasteiger charge is 2.17. The van der Waals surface area contributed by atoms with Crippen LogP contribution in [0.4, 0.5) is 0 Å². The van der Waals surface area contributed by atoms with Crippen LogP contribution in [0.3, 0.4) is 0 Å². The van der Waals surface area contributed by atoms with Gasteiger partial charge in [0.2, 0.25) is 0 Å². The molecule has 106 valence electrons. The van der Waals surface area contributed by atoms with Crippen molar-refractivity contribution in [1.29, 1.82) is 0 Å². The van der Waals surface area contributed by atoms with E-state index in [1.54, 1.807) is 0 Å². The third kappa shape index (κ3) is 3.66. The molecule has 0 fully saturated rings. The van der Waals surface area contributed by atoms with Crippen LogP contribution in [-0.2, 0) is 6.54 Å². The molecule has 4 heteroatoms. The summed E-state index contributed by atoms with van der Waals surface area (Å²) in [5, 5.41) is 0. The summed E-state index contributed by atoms with van der Waals surface area (Å²) in [5.41, 5.74) is 9.68. The smallest absolute Gasteiger partial charge is 0.0488 e. The molecule has 2 N–H and O–H groups in total. The Kier molecular flexibility index (Phi) is 5.29. The highest BCUT2D eigenvalue weighted by Crippen LogP contribution is 2.23. The molecule has 0 bridgehead atoms. The maximum Gasteiger partial charge on any atom is 0.0488 e. The first kappa shape index (κ1) is 15.2. The zero-order chi connectivity index (χ0) is 14.5. The van der Waals surface area contributed by atoms with Crippen molar-refractivity contribution in [3.63, 3.8) is 0 Å². The van der Waals surface area contributed by atoms with E-state index in [4.69, 9.17) is 5.73 Å². The second kappa shape index (κ2) is 6.97. The van der Waals surface area contributed by atoms with Crippen LogP contribution >= 0.6 is 15.9 Å². The number of aryl methyl sites for hydroxylation is 1. The number of rotatable bonds is 5. The van der Waals surface area contributed by atoms with Gasteiger partial charge in [-0.05, 0) is 48.9 Å². The molecule has 0 saturated carbocycles. The molecule has 20 heavy (non-hydrogen) atoms. The summed E-state index contributed by atoms with van der Waals surface area (Å²) in [7, 11) is 2.10. The minimum absolute atomic E-state index is 0.183. The largest absolute Gasteiger partial charge is 0.329 e. The van der Waals surface area contributed by atoms with Crippen LogP contribution in [-0.4, -0.2) is 23.5 Å². The van der Waals surface area contributed by atoms with E-state index in [0.717, 1.165) is 11.0 Å². The van der Waals surface area contributed by atoms with Gasteiger partial charge < -0.3 is 5.73 Å². The molecule has 0 aliphatic heterocycles. The topological polar surface area (TPSA) is 42.1 Å². The summed E-state index contributed by atoms with van der Waals surface area (Å²) < 4.78 is 1.10. The Morgan fingerprint density at radius 1 is 1.35 bits per heavy atom. The lowest BCUT2D eigenvalue weighted by Crippen LogP contribution is -2.30. The van der Waals surface area contributed by atoms with Crippen LogP contribution in [0.25, 0.3) is 0 Å². The molecule has 1 atom stereocenters. The fraction of sp³-hybridized carbons (Fsp3) is 0.312. The highest BCUT2D eigenvalue weighted by atomic mass is 79.9. The molecular formula is C16H20BrN3. The van der Waals surface area contributed by atoms with E-state index in [2.05, 4.69) is 58.0 Å². The van der Waals surface area contributed by atoms with Gasteiger partial charge in [-0.25, -0.2) is 0 Å². The summed E-state index contributed by atoms with van der Waals surface area (Å²) >= 11 is 3.51. The van der Waals surface area contributed by atoms with Crippen LogP contribution in [0.5, 0.6) is 0 Å². The molecule has 2 rings (SSSR count). The quantitative estimate of drug-likeness (QED) is 0.912. The van der Waals surface area contributed by atoms with E-state index in [-0.39, 0.29) is 6.04 Å². The van der Waals surface area contributed by atoms with Crippen LogP contribution < -0.4 is 5.73 Å². The van der Waals surface area contributed by atoms with Gasteiger partial charge in [-0.2, -0.15) is 0 Å². The average molecular weight is 334 g/mol. The van der Waals surface area contributed by atoms with Gasteiger partial charge in [0.15, 0.2) is 0 Å². The number of pyridine rings is 1. The fourth-order valence-corrected chi connectivity index (χ4v) is 2.85. The number of benzene rings is 1. The number of nitrogens with two attached hydrogens (primary N) is 1. The molecule has 0 amide bonds. The van der Waals surface area contributed by atoms with Crippen LogP contribution in [0.15, 0.2) is 47.2 Å². The summed E-state index contributed by atoms with van der Waals surface area (Å²) in [6, 6.07) is 10.6. The van der Waals surface area contributed by atoms with Crippen molar-refractivity contribution in [3.8, 4) is 0 Å². The van der Waals surface area contributed by atoms with Gasteiger partial charge in [0.25, 0.3) is 0 Å². The summed E-state index contributed by atoms with van der Waals surface area (Å²) in [6.45, 7) is 3.54. The van der Waals surface area contributed by atoms with E-state index < -0.39 is 0 Å². The van der Waals surface area contributed by atoms with Crippen molar-refractivity contribution in [2.75, 3.05) is 13.6 Å². The lowest BCUT2D eigenvalue weighted by Gasteiger charge is -2.28.